The summed E-state index contributed by atoms with van der Waals surface area (Å²) in [6.45, 7) is 1.75. The van der Waals surface area contributed by atoms with Crippen LogP contribution in [0.5, 0.6) is 5.75 Å². The lowest BCUT2D eigenvalue weighted by Gasteiger charge is -2.06. The predicted octanol–water partition coefficient (Wildman–Crippen LogP) is 3.28. The molecule has 0 saturated heterocycles. The van der Waals surface area contributed by atoms with Crippen LogP contribution in [0.4, 0.5) is 5.69 Å². The maximum absolute atomic E-state index is 5.66. The number of nitrogen functional groups attached to an aromatic ring is 1. The molecule has 2 rings (SSSR count). The van der Waals surface area contributed by atoms with Crippen LogP contribution in [0.1, 0.15) is 38.5 Å². The Morgan fingerprint density at radius 2 is 1.67 bits per heavy atom. The second kappa shape index (κ2) is 9.00. The van der Waals surface area contributed by atoms with Crippen molar-refractivity contribution in [3.8, 4) is 5.75 Å². The van der Waals surface area contributed by atoms with Gasteiger partial charge in [0.15, 0.2) is 0 Å². The molecule has 0 aliphatic heterocycles. The van der Waals surface area contributed by atoms with Gasteiger partial charge in [-0.3, -0.25) is 4.68 Å². The van der Waals surface area contributed by atoms with E-state index in [1.165, 1.54) is 32.1 Å². The monoisotopic (exact) mass is 288 g/mol. The maximum Gasteiger partial charge on any atom is 0.119 e. The number of benzene rings is 1. The van der Waals surface area contributed by atoms with Crippen LogP contribution >= 0.6 is 0 Å². The zero-order valence-electron chi connectivity index (χ0n) is 12.4. The van der Waals surface area contributed by atoms with E-state index in [0.29, 0.717) is 0 Å². The number of rotatable bonds is 10. The van der Waals surface area contributed by atoms with E-state index in [9.17, 15) is 0 Å². The third-order valence-corrected chi connectivity index (χ3v) is 3.40. The van der Waals surface area contributed by atoms with Gasteiger partial charge in [0.1, 0.15) is 5.75 Å². The first-order valence-corrected chi connectivity index (χ1v) is 7.67. The number of nitrogens with two attached hydrogens (primary N) is 1. The van der Waals surface area contributed by atoms with Gasteiger partial charge in [-0.1, -0.05) is 30.9 Å². The molecule has 0 aliphatic carbocycles. The Balaban J connectivity index is 1.41. The fraction of sp³-hybridized carbons (Fsp3) is 0.500. The predicted molar refractivity (Wildman–Crippen MR) is 84.1 cm³/mol. The Bertz CT molecular complexity index is 481. The van der Waals surface area contributed by atoms with Crippen LogP contribution in [-0.4, -0.2) is 21.6 Å². The normalized spacial score (nSPS) is 10.7. The molecule has 114 valence electrons. The van der Waals surface area contributed by atoms with Crippen LogP contribution in [0.15, 0.2) is 36.7 Å². The Morgan fingerprint density at radius 1 is 0.952 bits per heavy atom. The molecule has 2 aromatic rings. The number of aryl methyl sites for hydroxylation is 1. The first kappa shape index (κ1) is 15.4. The number of hydrogen-bond donors (Lipinski definition) is 1. The fourth-order valence-electron chi connectivity index (χ4n) is 2.19. The molecular formula is C16H24N4O. The maximum atomic E-state index is 5.66. The van der Waals surface area contributed by atoms with Gasteiger partial charge in [-0.25, -0.2) is 0 Å². The molecule has 0 amide bonds. The Labute approximate surface area is 126 Å². The van der Waals surface area contributed by atoms with Crippen LogP contribution in [0.3, 0.4) is 0 Å². The number of nitrogens with zero attached hydrogens (tertiary/aromatic N) is 3. The van der Waals surface area contributed by atoms with Gasteiger partial charge in [-0.15, -0.1) is 5.10 Å². The molecule has 5 nitrogen and oxygen atoms in total. The van der Waals surface area contributed by atoms with Crippen molar-refractivity contribution in [2.24, 2.45) is 0 Å². The third kappa shape index (κ3) is 6.29. The van der Waals surface area contributed by atoms with Crippen molar-refractivity contribution in [2.75, 3.05) is 12.3 Å². The van der Waals surface area contributed by atoms with E-state index in [4.69, 9.17) is 10.5 Å². The Kier molecular flexibility index (Phi) is 6.58. The summed E-state index contributed by atoms with van der Waals surface area (Å²) in [7, 11) is 0. The molecule has 0 aliphatic rings. The van der Waals surface area contributed by atoms with Gasteiger partial charge >= 0.3 is 0 Å². The fourth-order valence-corrected chi connectivity index (χ4v) is 2.19. The van der Waals surface area contributed by atoms with Crippen molar-refractivity contribution in [1.82, 2.24) is 15.0 Å². The Morgan fingerprint density at radius 3 is 2.38 bits per heavy atom. The summed E-state index contributed by atoms with van der Waals surface area (Å²) in [5.41, 5.74) is 6.40. The van der Waals surface area contributed by atoms with Crippen LogP contribution in [0, 0.1) is 0 Å². The van der Waals surface area contributed by atoms with E-state index in [1.54, 1.807) is 6.20 Å². The van der Waals surface area contributed by atoms with Crippen molar-refractivity contribution in [2.45, 2.75) is 45.1 Å². The Hall–Kier alpha value is -2.04. The lowest BCUT2D eigenvalue weighted by atomic mass is 10.1. The highest BCUT2D eigenvalue weighted by molar-refractivity contribution is 5.41. The van der Waals surface area contributed by atoms with Gasteiger partial charge in [0.2, 0.25) is 0 Å². The molecule has 0 spiro atoms. The largest absolute Gasteiger partial charge is 0.494 e. The number of unbranched alkanes of at least 4 members (excludes halogenated alkanes) is 5. The number of aromatic nitrogens is 3. The minimum absolute atomic E-state index is 0.772. The lowest BCUT2D eigenvalue weighted by molar-refractivity contribution is 0.304. The molecule has 0 unspecified atom stereocenters. The zero-order chi connectivity index (χ0) is 14.8. The lowest BCUT2D eigenvalue weighted by Crippen LogP contribution is -1.99. The summed E-state index contributed by atoms with van der Waals surface area (Å²) < 4.78 is 7.55. The van der Waals surface area contributed by atoms with Gasteiger partial charge in [0.25, 0.3) is 0 Å². The van der Waals surface area contributed by atoms with E-state index in [-0.39, 0.29) is 0 Å². The van der Waals surface area contributed by atoms with E-state index < -0.39 is 0 Å². The molecular weight excluding hydrogens is 264 g/mol. The summed E-state index contributed by atoms with van der Waals surface area (Å²) in [5, 5.41) is 7.74. The summed E-state index contributed by atoms with van der Waals surface area (Å²) in [5.74, 6) is 0.900. The third-order valence-electron chi connectivity index (χ3n) is 3.40. The quantitative estimate of drug-likeness (QED) is 0.538. The van der Waals surface area contributed by atoms with E-state index in [0.717, 1.165) is 31.0 Å². The minimum atomic E-state index is 0.772. The summed E-state index contributed by atoms with van der Waals surface area (Å²) in [6.07, 6.45) is 10.9. The molecule has 0 fully saturated rings. The summed E-state index contributed by atoms with van der Waals surface area (Å²) >= 11 is 0. The highest BCUT2D eigenvalue weighted by Gasteiger charge is 1.96. The number of anilines is 1. The first-order chi connectivity index (χ1) is 10.3. The van der Waals surface area contributed by atoms with Gasteiger partial charge in [-0.2, -0.15) is 0 Å². The molecule has 0 bridgehead atoms. The second-order valence-electron chi connectivity index (χ2n) is 5.20. The SMILES string of the molecule is Nc1ccc(OCCCCCCCCn2ccnn2)cc1. The van der Waals surface area contributed by atoms with Gasteiger partial charge < -0.3 is 10.5 Å². The molecule has 21 heavy (non-hydrogen) atoms. The summed E-state index contributed by atoms with van der Waals surface area (Å²) in [4.78, 5) is 0. The molecule has 1 heterocycles. The average molecular weight is 288 g/mol. The molecule has 1 aromatic carbocycles. The smallest absolute Gasteiger partial charge is 0.119 e. The molecule has 0 radical (unpaired) electrons. The minimum Gasteiger partial charge on any atom is -0.494 e. The highest BCUT2D eigenvalue weighted by atomic mass is 16.5. The van der Waals surface area contributed by atoms with Crippen LogP contribution in [-0.2, 0) is 6.54 Å². The van der Waals surface area contributed by atoms with Gasteiger partial charge in [0.05, 0.1) is 12.8 Å². The highest BCUT2D eigenvalue weighted by Crippen LogP contribution is 2.14. The zero-order valence-corrected chi connectivity index (χ0v) is 12.4. The van der Waals surface area contributed by atoms with Crippen LogP contribution < -0.4 is 10.5 Å². The van der Waals surface area contributed by atoms with Crippen LogP contribution in [0.2, 0.25) is 0 Å². The molecule has 5 heteroatoms. The van der Waals surface area contributed by atoms with E-state index in [2.05, 4.69) is 10.3 Å². The molecule has 1 aromatic heterocycles. The topological polar surface area (TPSA) is 66.0 Å². The van der Waals surface area contributed by atoms with Gasteiger partial charge in [-0.05, 0) is 37.1 Å². The second-order valence-corrected chi connectivity index (χ2v) is 5.20. The van der Waals surface area contributed by atoms with Crippen molar-refractivity contribution in [3.63, 3.8) is 0 Å². The average Bonchev–Trinajstić information content (AvgIpc) is 3.01. The molecule has 0 saturated carbocycles. The van der Waals surface area contributed by atoms with Crippen LogP contribution in [0.25, 0.3) is 0 Å². The number of ether oxygens (including phenoxy) is 1. The van der Waals surface area contributed by atoms with Crippen molar-refractivity contribution >= 4 is 5.69 Å². The molecule has 0 atom stereocenters. The van der Waals surface area contributed by atoms with Gasteiger partial charge in [0, 0.05) is 18.4 Å². The standard InChI is InChI=1S/C16H24N4O/c17-15-7-9-16(10-8-15)21-14-6-4-2-1-3-5-12-20-13-11-18-19-20/h7-11,13H,1-6,12,14,17H2. The van der Waals surface area contributed by atoms with Crippen molar-refractivity contribution in [3.05, 3.63) is 36.7 Å². The van der Waals surface area contributed by atoms with E-state index >= 15 is 0 Å². The van der Waals surface area contributed by atoms with E-state index in [1.807, 2.05) is 35.1 Å². The summed E-state index contributed by atoms with van der Waals surface area (Å²) in [6, 6.07) is 7.56. The van der Waals surface area contributed by atoms with Crippen molar-refractivity contribution < 1.29 is 4.74 Å². The van der Waals surface area contributed by atoms with Crippen molar-refractivity contribution in [1.29, 1.82) is 0 Å². The first-order valence-electron chi connectivity index (χ1n) is 7.67. The molecule has 2 N–H and O–H groups in total. The number of hydrogen-bond acceptors (Lipinski definition) is 4.